The molecule has 1 atom stereocenters. The molecule has 130 valence electrons. The number of nitrogens with zero attached hydrogens (tertiary/aromatic N) is 3. The summed E-state index contributed by atoms with van der Waals surface area (Å²) in [5.74, 6) is 1.72. The Labute approximate surface area is 138 Å². The monoisotopic (exact) mass is 341 g/mol. The molecule has 3 heterocycles. The van der Waals surface area contributed by atoms with Crippen LogP contribution in [0.15, 0.2) is 6.20 Å². The Kier molecular flexibility index (Phi) is 5.08. The molecular weight excluding hydrogens is 314 g/mol. The highest BCUT2D eigenvalue weighted by molar-refractivity contribution is 7.89. The molecule has 3 rings (SSSR count). The lowest BCUT2D eigenvalue weighted by molar-refractivity contribution is 0.0819. The first-order chi connectivity index (χ1) is 11.0. The van der Waals surface area contributed by atoms with Crippen molar-refractivity contribution >= 4 is 10.0 Å². The molecule has 0 bridgehead atoms. The van der Waals surface area contributed by atoms with Crippen molar-refractivity contribution in [3.8, 4) is 0 Å². The summed E-state index contributed by atoms with van der Waals surface area (Å²) in [6.07, 6.45) is 5.86. The minimum atomic E-state index is -3.12. The minimum Gasteiger partial charge on any atom is -0.381 e. The molecule has 0 aliphatic carbocycles. The van der Waals surface area contributed by atoms with Gasteiger partial charge >= 0.3 is 0 Å². The number of aryl methyl sites for hydroxylation is 1. The third-order valence-electron chi connectivity index (χ3n) is 5.08. The van der Waals surface area contributed by atoms with Crippen molar-refractivity contribution in [3.63, 3.8) is 0 Å². The van der Waals surface area contributed by atoms with Crippen LogP contribution in [0.5, 0.6) is 0 Å². The third kappa shape index (κ3) is 3.46. The highest BCUT2D eigenvalue weighted by atomic mass is 32.2. The maximum absolute atomic E-state index is 12.2. The average molecular weight is 341 g/mol. The lowest BCUT2D eigenvalue weighted by atomic mass is 9.98. The normalized spacial score (nSPS) is 24.9. The molecule has 0 saturated carbocycles. The second-order valence-corrected chi connectivity index (χ2v) is 8.83. The van der Waals surface area contributed by atoms with Crippen molar-refractivity contribution in [3.05, 3.63) is 17.7 Å². The number of rotatable bonds is 4. The van der Waals surface area contributed by atoms with Crippen LogP contribution in [-0.4, -0.2) is 54.3 Å². The highest BCUT2D eigenvalue weighted by Crippen LogP contribution is 2.32. The Hall–Kier alpha value is -0.920. The number of aromatic nitrogens is 2. The number of imidazole rings is 1. The molecule has 0 unspecified atom stereocenters. The van der Waals surface area contributed by atoms with E-state index in [-0.39, 0.29) is 11.8 Å². The topological polar surface area (TPSA) is 64.4 Å². The van der Waals surface area contributed by atoms with Crippen LogP contribution < -0.4 is 0 Å². The second-order valence-electron chi connectivity index (χ2n) is 6.57. The van der Waals surface area contributed by atoms with Gasteiger partial charge in [-0.3, -0.25) is 0 Å². The first kappa shape index (κ1) is 16.9. The summed E-state index contributed by atoms with van der Waals surface area (Å²) in [4.78, 5) is 4.66. The van der Waals surface area contributed by atoms with Gasteiger partial charge in [0.05, 0.1) is 5.75 Å². The number of hydrogen-bond acceptors (Lipinski definition) is 4. The predicted molar refractivity (Wildman–Crippen MR) is 89.1 cm³/mol. The van der Waals surface area contributed by atoms with Crippen molar-refractivity contribution in [2.75, 3.05) is 32.1 Å². The van der Waals surface area contributed by atoms with Crippen LogP contribution in [0, 0.1) is 6.92 Å². The maximum atomic E-state index is 12.2. The molecule has 23 heavy (non-hydrogen) atoms. The van der Waals surface area contributed by atoms with E-state index in [0.29, 0.717) is 19.0 Å². The van der Waals surface area contributed by atoms with Gasteiger partial charge in [0.25, 0.3) is 0 Å². The summed E-state index contributed by atoms with van der Waals surface area (Å²) in [6, 6.07) is 0.199. The lowest BCUT2D eigenvalue weighted by Gasteiger charge is -2.35. The van der Waals surface area contributed by atoms with Crippen LogP contribution in [0.3, 0.4) is 0 Å². The maximum Gasteiger partial charge on any atom is 0.213 e. The molecule has 2 saturated heterocycles. The molecular formula is C16H27N3O3S. The molecule has 0 aromatic carbocycles. The van der Waals surface area contributed by atoms with Crippen molar-refractivity contribution < 1.29 is 13.2 Å². The van der Waals surface area contributed by atoms with Gasteiger partial charge < -0.3 is 9.30 Å². The van der Waals surface area contributed by atoms with Crippen LogP contribution in [-0.2, 0) is 14.8 Å². The Morgan fingerprint density at radius 2 is 2.04 bits per heavy atom. The van der Waals surface area contributed by atoms with Crippen LogP contribution in [0.2, 0.25) is 0 Å². The zero-order valence-corrected chi connectivity index (χ0v) is 14.9. The summed E-state index contributed by atoms with van der Waals surface area (Å²) in [6.45, 7) is 6.59. The number of sulfonamides is 1. The van der Waals surface area contributed by atoms with Crippen LogP contribution in [0.1, 0.15) is 56.1 Å². The van der Waals surface area contributed by atoms with Crippen molar-refractivity contribution in [1.82, 2.24) is 13.9 Å². The van der Waals surface area contributed by atoms with Gasteiger partial charge in [-0.2, -0.15) is 4.31 Å². The molecule has 2 fully saturated rings. The summed E-state index contributed by atoms with van der Waals surface area (Å²) >= 11 is 0. The van der Waals surface area contributed by atoms with Gasteiger partial charge in [0, 0.05) is 50.2 Å². The van der Waals surface area contributed by atoms with Crippen LogP contribution >= 0.6 is 0 Å². The fourth-order valence-corrected chi connectivity index (χ4v) is 4.94. The Bertz CT molecular complexity index is 635. The van der Waals surface area contributed by atoms with E-state index in [1.165, 1.54) is 0 Å². The van der Waals surface area contributed by atoms with Gasteiger partial charge in [-0.25, -0.2) is 13.4 Å². The Morgan fingerprint density at radius 3 is 2.74 bits per heavy atom. The molecule has 2 aliphatic rings. The molecule has 1 aromatic heterocycles. The number of ether oxygens (including phenoxy) is 1. The quantitative estimate of drug-likeness (QED) is 0.841. The summed E-state index contributed by atoms with van der Waals surface area (Å²) in [5.41, 5.74) is 1.13. The van der Waals surface area contributed by atoms with Gasteiger partial charge in [0.15, 0.2) is 0 Å². The van der Waals surface area contributed by atoms with Gasteiger partial charge in [-0.05, 0) is 39.5 Å². The molecule has 0 N–H and O–H groups in total. The van der Waals surface area contributed by atoms with Gasteiger partial charge in [-0.15, -0.1) is 0 Å². The van der Waals surface area contributed by atoms with E-state index in [2.05, 4.69) is 16.5 Å². The number of hydrogen-bond donors (Lipinski definition) is 0. The summed E-state index contributed by atoms with van der Waals surface area (Å²) in [7, 11) is -3.12. The summed E-state index contributed by atoms with van der Waals surface area (Å²) < 4.78 is 33.9. The highest BCUT2D eigenvalue weighted by Gasteiger charge is 2.31. The molecule has 0 radical (unpaired) electrons. The molecule has 2 aliphatic heterocycles. The molecule has 1 aromatic rings. The zero-order valence-electron chi connectivity index (χ0n) is 14.1. The smallest absolute Gasteiger partial charge is 0.213 e. The van der Waals surface area contributed by atoms with Crippen molar-refractivity contribution in [2.45, 2.75) is 51.5 Å². The Morgan fingerprint density at radius 1 is 1.30 bits per heavy atom. The zero-order chi connectivity index (χ0) is 16.4. The second kappa shape index (κ2) is 6.91. The lowest BCUT2D eigenvalue weighted by Crippen LogP contribution is -2.42. The molecule has 0 amide bonds. The third-order valence-corrected chi connectivity index (χ3v) is 6.93. The molecule has 0 spiro atoms. The van der Waals surface area contributed by atoms with E-state index in [9.17, 15) is 8.42 Å². The summed E-state index contributed by atoms with van der Waals surface area (Å²) in [5, 5.41) is 0. The molecule has 7 heteroatoms. The predicted octanol–water partition coefficient (Wildman–Crippen LogP) is 2.07. The van der Waals surface area contributed by atoms with E-state index in [1.54, 1.807) is 11.2 Å². The first-order valence-electron chi connectivity index (χ1n) is 8.62. The first-order valence-corrected chi connectivity index (χ1v) is 10.2. The molecule has 6 nitrogen and oxygen atoms in total. The van der Waals surface area contributed by atoms with Crippen molar-refractivity contribution in [1.29, 1.82) is 0 Å². The van der Waals surface area contributed by atoms with E-state index in [1.807, 2.05) is 6.20 Å². The van der Waals surface area contributed by atoms with E-state index in [0.717, 1.165) is 50.4 Å². The SMILES string of the molecule is CCS(=O)(=O)N1CCC[C@H](n2c(C)cnc2C2CCOCC2)C1. The van der Waals surface area contributed by atoms with E-state index < -0.39 is 10.0 Å². The largest absolute Gasteiger partial charge is 0.381 e. The van der Waals surface area contributed by atoms with Crippen LogP contribution in [0.4, 0.5) is 0 Å². The van der Waals surface area contributed by atoms with Gasteiger partial charge in [0.1, 0.15) is 5.82 Å². The standard InChI is InChI=1S/C16H27N3O3S/c1-3-23(20,21)18-8-4-5-15(12-18)19-13(2)11-17-16(19)14-6-9-22-10-7-14/h11,14-15H,3-10,12H2,1-2H3/t15-/m0/s1. The van der Waals surface area contributed by atoms with Crippen molar-refractivity contribution in [2.24, 2.45) is 0 Å². The van der Waals surface area contributed by atoms with Gasteiger partial charge in [0.2, 0.25) is 10.0 Å². The van der Waals surface area contributed by atoms with E-state index >= 15 is 0 Å². The minimum absolute atomic E-state index is 0.176. The fraction of sp³-hybridized carbons (Fsp3) is 0.812. The number of piperidine rings is 1. The van der Waals surface area contributed by atoms with E-state index in [4.69, 9.17) is 4.74 Å². The fourth-order valence-electron chi connectivity index (χ4n) is 3.76. The van der Waals surface area contributed by atoms with Gasteiger partial charge in [-0.1, -0.05) is 0 Å². The Balaban J connectivity index is 1.85. The average Bonchev–Trinajstić information content (AvgIpc) is 2.97. The van der Waals surface area contributed by atoms with Crippen LogP contribution in [0.25, 0.3) is 0 Å².